The van der Waals surface area contributed by atoms with Crippen molar-refractivity contribution in [3.8, 4) is 0 Å². The number of rotatable bonds is 5. The summed E-state index contributed by atoms with van der Waals surface area (Å²) in [5.74, 6) is -0.969. The minimum atomic E-state index is -0.969. The smallest absolute Gasteiger partial charge is 0.337 e. The fourth-order valence-electron chi connectivity index (χ4n) is 1.53. The highest BCUT2D eigenvalue weighted by atomic mass is 35.5. The molecule has 1 aromatic carbocycles. The second-order valence-corrected chi connectivity index (χ2v) is 5.01. The molecule has 0 amide bonds. The van der Waals surface area contributed by atoms with E-state index in [1.165, 1.54) is 6.07 Å². The Bertz CT molecular complexity index is 543. The third-order valence-electron chi connectivity index (χ3n) is 2.35. The Morgan fingerprint density at radius 2 is 2.33 bits per heavy atom. The molecule has 2 aromatic rings. The van der Waals surface area contributed by atoms with Gasteiger partial charge in [-0.05, 0) is 18.2 Å². The number of halogens is 1. The minimum absolute atomic E-state index is 0.221. The van der Waals surface area contributed by atoms with E-state index in [1.54, 1.807) is 29.7 Å². The Kier molecular flexibility index (Phi) is 4.17. The van der Waals surface area contributed by atoms with Gasteiger partial charge in [-0.3, -0.25) is 0 Å². The van der Waals surface area contributed by atoms with Gasteiger partial charge < -0.3 is 10.4 Å². The quantitative estimate of drug-likeness (QED) is 0.884. The molecule has 0 saturated heterocycles. The fraction of sp³-hybridized carbons (Fsp3) is 0.167. The predicted octanol–water partition coefficient (Wildman–Crippen LogP) is 3.15. The highest BCUT2D eigenvalue weighted by Gasteiger charge is 2.10. The molecule has 0 aliphatic carbocycles. The van der Waals surface area contributed by atoms with Crippen LogP contribution in [0.1, 0.15) is 15.4 Å². The molecule has 0 bridgehead atoms. The zero-order valence-electron chi connectivity index (χ0n) is 9.39. The Morgan fingerprint density at radius 3 is 3.00 bits per heavy atom. The van der Waals surface area contributed by atoms with Gasteiger partial charge in [-0.15, -0.1) is 11.3 Å². The molecule has 2 N–H and O–H groups in total. The number of aromatic carboxylic acids is 1. The zero-order chi connectivity index (χ0) is 13.0. The predicted molar refractivity (Wildman–Crippen MR) is 72.7 cm³/mol. The number of aromatic nitrogens is 1. The maximum atomic E-state index is 11.0. The third-order valence-corrected chi connectivity index (χ3v) is 3.42. The van der Waals surface area contributed by atoms with Gasteiger partial charge in [-0.25, -0.2) is 9.78 Å². The molecular weight excluding hydrogens is 272 g/mol. The van der Waals surface area contributed by atoms with E-state index in [0.29, 0.717) is 17.3 Å². The number of nitrogens with zero attached hydrogens (tertiary/aromatic N) is 1. The van der Waals surface area contributed by atoms with Gasteiger partial charge in [0.2, 0.25) is 0 Å². The van der Waals surface area contributed by atoms with Crippen molar-refractivity contribution in [3.63, 3.8) is 0 Å². The number of benzene rings is 1. The molecular formula is C12H11ClN2O2S. The number of hydrogen-bond donors (Lipinski definition) is 2. The van der Waals surface area contributed by atoms with Gasteiger partial charge in [-0.2, -0.15) is 0 Å². The molecule has 0 fully saturated rings. The first-order chi connectivity index (χ1) is 8.66. The van der Waals surface area contributed by atoms with Crippen molar-refractivity contribution >= 4 is 34.6 Å². The number of carbonyl (C=O) groups is 1. The molecule has 2 rings (SSSR count). The summed E-state index contributed by atoms with van der Waals surface area (Å²) in [6, 6.07) is 4.68. The van der Waals surface area contributed by atoms with E-state index in [9.17, 15) is 4.79 Å². The summed E-state index contributed by atoms with van der Waals surface area (Å²) < 4.78 is 0. The van der Waals surface area contributed by atoms with Gasteiger partial charge in [0.1, 0.15) is 0 Å². The van der Waals surface area contributed by atoms with E-state index in [-0.39, 0.29) is 5.56 Å². The number of hydrogen-bond acceptors (Lipinski definition) is 4. The standard InChI is InChI=1S/C12H11ClN2O2S/c13-8-1-2-9(12(16)17)10(7-8)14-4-3-11-15-5-6-18-11/h1-2,5-7,14H,3-4H2,(H,16,17). The maximum Gasteiger partial charge on any atom is 0.337 e. The molecule has 6 heteroatoms. The summed E-state index contributed by atoms with van der Waals surface area (Å²) in [7, 11) is 0. The van der Waals surface area contributed by atoms with Crippen molar-refractivity contribution in [2.75, 3.05) is 11.9 Å². The Morgan fingerprint density at radius 1 is 1.50 bits per heavy atom. The number of nitrogens with one attached hydrogen (secondary N) is 1. The van der Waals surface area contributed by atoms with Crippen LogP contribution in [0, 0.1) is 0 Å². The van der Waals surface area contributed by atoms with Crippen molar-refractivity contribution < 1.29 is 9.90 Å². The molecule has 0 spiro atoms. The van der Waals surface area contributed by atoms with E-state index in [4.69, 9.17) is 16.7 Å². The number of carboxylic acid groups (broad SMARTS) is 1. The van der Waals surface area contributed by atoms with Gasteiger partial charge in [-0.1, -0.05) is 11.6 Å². The highest BCUT2D eigenvalue weighted by Crippen LogP contribution is 2.21. The first-order valence-electron chi connectivity index (χ1n) is 5.32. The minimum Gasteiger partial charge on any atom is -0.478 e. The molecule has 1 heterocycles. The van der Waals surface area contributed by atoms with E-state index < -0.39 is 5.97 Å². The lowest BCUT2D eigenvalue weighted by molar-refractivity contribution is 0.0698. The molecule has 0 atom stereocenters. The summed E-state index contributed by atoms with van der Waals surface area (Å²) in [6.07, 6.45) is 2.51. The molecule has 0 radical (unpaired) electrons. The van der Waals surface area contributed by atoms with Crippen molar-refractivity contribution in [1.82, 2.24) is 4.98 Å². The largest absolute Gasteiger partial charge is 0.478 e. The lowest BCUT2D eigenvalue weighted by atomic mass is 10.2. The summed E-state index contributed by atoms with van der Waals surface area (Å²) in [6.45, 7) is 0.619. The molecule has 18 heavy (non-hydrogen) atoms. The van der Waals surface area contributed by atoms with Crippen LogP contribution in [0.3, 0.4) is 0 Å². The summed E-state index contributed by atoms with van der Waals surface area (Å²) in [5, 5.41) is 15.6. The van der Waals surface area contributed by atoms with Crippen LogP contribution in [0.2, 0.25) is 5.02 Å². The maximum absolute atomic E-state index is 11.0. The molecule has 0 unspecified atom stereocenters. The number of carboxylic acids is 1. The van der Waals surface area contributed by atoms with Gasteiger partial charge in [0.05, 0.1) is 16.3 Å². The van der Waals surface area contributed by atoms with Crippen LogP contribution in [-0.4, -0.2) is 22.6 Å². The normalized spacial score (nSPS) is 10.3. The lowest BCUT2D eigenvalue weighted by Gasteiger charge is -2.09. The van der Waals surface area contributed by atoms with E-state index >= 15 is 0 Å². The fourth-order valence-corrected chi connectivity index (χ4v) is 2.32. The van der Waals surface area contributed by atoms with Crippen molar-refractivity contribution in [2.45, 2.75) is 6.42 Å². The van der Waals surface area contributed by atoms with Crippen LogP contribution in [0.25, 0.3) is 0 Å². The summed E-state index contributed by atoms with van der Waals surface area (Å²) in [5.41, 5.74) is 0.755. The van der Waals surface area contributed by atoms with Crippen molar-refractivity contribution in [3.05, 3.63) is 45.4 Å². The Labute approximate surface area is 113 Å². The molecule has 0 aliphatic heterocycles. The number of thiazole rings is 1. The van der Waals surface area contributed by atoms with Gasteiger partial charge in [0.25, 0.3) is 0 Å². The van der Waals surface area contributed by atoms with E-state index in [2.05, 4.69) is 10.3 Å². The molecule has 4 nitrogen and oxygen atoms in total. The van der Waals surface area contributed by atoms with Crippen LogP contribution in [0.5, 0.6) is 0 Å². The second-order valence-electron chi connectivity index (χ2n) is 3.60. The van der Waals surface area contributed by atoms with Crippen LogP contribution in [-0.2, 0) is 6.42 Å². The lowest BCUT2D eigenvalue weighted by Crippen LogP contribution is -2.09. The van der Waals surface area contributed by atoms with Crippen LogP contribution >= 0.6 is 22.9 Å². The highest BCUT2D eigenvalue weighted by molar-refractivity contribution is 7.09. The Balaban J connectivity index is 2.03. The molecule has 0 aliphatic rings. The molecule has 0 saturated carbocycles. The average Bonchev–Trinajstić information content (AvgIpc) is 2.82. The monoisotopic (exact) mass is 282 g/mol. The number of anilines is 1. The van der Waals surface area contributed by atoms with E-state index in [1.807, 2.05) is 5.38 Å². The van der Waals surface area contributed by atoms with E-state index in [0.717, 1.165) is 11.4 Å². The van der Waals surface area contributed by atoms with Gasteiger partial charge in [0, 0.05) is 29.6 Å². The van der Waals surface area contributed by atoms with Gasteiger partial charge >= 0.3 is 5.97 Å². The first-order valence-corrected chi connectivity index (χ1v) is 6.57. The first kappa shape index (κ1) is 12.9. The average molecular weight is 283 g/mol. The molecule has 1 aromatic heterocycles. The second kappa shape index (κ2) is 5.84. The van der Waals surface area contributed by atoms with Crippen molar-refractivity contribution in [1.29, 1.82) is 0 Å². The summed E-state index contributed by atoms with van der Waals surface area (Å²) in [4.78, 5) is 15.2. The van der Waals surface area contributed by atoms with Crippen LogP contribution < -0.4 is 5.32 Å². The van der Waals surface area contributed by atoms with Crippen molar-refractivity contribution in [2.24, 2.45) is 0 Å². The van der Waals surface area contributed by atoms with Gasteiger partial charge in [0.15, 0.2) is 0 Å². The summed E-state index contributed by atoms with van der Waals surface area (Å²) >= 11 is 7.43. The topological polar surface area (TPSA) is 62.2 Å². The zero-order valence-corrected chi connectivity index (χ0v) is 11.0. The Hall–Kier alpha value is -1.59. The third kappa shape index (κ3) is 3.21. The van der Waals surface area contributed by atoms with Crippen LogP contribution in [0.4, 0.5) is 5.69 Å². The van der Waals surface area contributed by atoms with Crippen LogP contribution in [0.15, 0.2) is 29.8 Å². The molecule has 94 valence electrons. The SMILES string of the molecule is O=C(O)c1ccc(Cl)cc1NCCc1nccs1.